The maximum absolute atomic E-state index is 8.78. The van der Waals surface area contributed by atoms with E-state index in [9.17, 15) is 0 Å². The quantitative estimate of drug-likeness (QED) is 0.806. The second-order valence-corrected chi connectivity index (χ2v) is 5.48. The highest BCUT2D eigenvalue weighted by molar-refractivity contribution is 7.11. The summed E-state index contributed by atoms with van der Waals surface area (Å²) in [6.07, 6.45) is 3.02. The second kappa shape index (κ2) is 6.20. The highest BCUT2D eigenvalue weighted by Crippen LogP contribution is 2.17. The van der Waals surface area contributed by atoms with Gasteiger partial charge in [0.15, 0.2) is 0 Å². The lowest BCUT2D eigenvalue weighted by Crippen LogP contribution is -2.20. The SMILES string of the molecule is CC(C)Cc1ncc(CN(C)CCO)s1. The van der Waals surface area contributed by atoms with Gasteiger partial charge in [-0.1, -0.05) is 13.8 Å². The lowest BCUT2D eigenvalue weighted by Gasteiger charge is -2.12. The fourth-order valence-electron chi connectivity index (χ4n) is 1.38. The number of aliphatic hydroxyl groups excluding tert-OH is 1. The van der Waals surface area contributed by atoms with Crippen LogP contribution in [0.15, 0.2) is 6.20 Å². The average Bonchev–Trinajstić information content (AvgIpc) is 2.51. The Morgan fingerprint density at radius 2 is 2.27 bits per heavy atom. The van der Waals surface area contributed by atoms with Gasteiger partial charge in [0.05, 0.1) is 11.6 Å². The van der Waals surface area contributed by atoms with Gasteiger partial charge in [-0.25, -0.2) is 4.98 Å². The number of likely N-dealkylation sites (N-methyl/N-ethyl adjacent to an activating group) is 1. The molecule has 0 saturated heterocycles. The molecule has 0 atom stereocenters. The molecule has 86 valence electrons. The first-order valence-electron chi connectivity index (χ1n) is 5.34. The summed E-state index contributed by atoms with van der Waals surface area (Å²) in [4.78, 5) is 7.78. The first kappa shape index (κ1) is 12.6. The van der Waals surface area contributed by atoms with Crippen molar-refractivity contribution in [2.24, 2.45) is 5.92 Å². The highest BCUT2D eigenvalue weighted by atomic mass is 32.1. The van der Waals surface area contributed by atoms with Gasteiger partial charge in [-0.15, -0.1) is 11.3 Å². The first-order valence-corrected chi connectivity index (χ1v) is 6.16. The number of hydrogen-bond donors (Lipinski definition) is 1. The highest BCUT2D eigenvalue weighted by Gasteiger charge is 2.06. The van der Waals surface area contributed by atoms with Gasteiger partial charge < -0.3 is 5.11 Å². The van der Waals surface area contributed by atoms with Crippen molar-refractivity contribution in [2.75, 3.05) is 20.2 Å². The van der Waals surface area contributed by atoms with E-state index in [-0.39, 0.29) is 6.61 Å². The third-order valence-corrected chi connectivity index (χ3v) is 3.10. The summed E-state index contributed by atoms with van der Waals surface area (Å²) in [6.45, 7) is 6.24. The minimum absolute atomic E-state index is 0.216. The molecule has 0 fully saturated rings. The van der Waals surface area contributed by atoms with Gasteiger partial charge in [0.25, 0.3) is 0 Å². The van der Waals surface area contributed by atoms with E-state index in [1.165, 1.54) is 9.88 Å². The third kappa shape index (κ3) is 4.73. The summed E-state index contributed by atoms with van der Waals surface area (Å²) in [5, 5.41) is 10.0. The van der Waals surface area contributed by atoms with Gasteiger partial charge >= 0.3 is 0 Å². The van der Waals surface area contributed by atoms with Crippen molar-refractivity contribution in [3.05, 3.63) is 16.1 Å². The molecule has 1 heterocycles. The Kier molecular flexibility index (Phi) is 5.22. The van der Waals surface area contributed by atoms with Gasteiger partial charge in [0.1, 0.15) is 0 Å². The molecule has 1 aromatic rings. The molecule has 1 N–H and O–H groups in total. The van der Waals surface area contributed by atoms with Crippen molar-refractivity contribution in [1.82, 2.24) is 9.88 Å². The number of hydrogen-bond acceptors (Lipinski definition) is 4. The topological polar surface area (TPSA) is 36.4 Å². The van der Waals surface area contributed by atoms with Crippen LogP contribution in [0.4, 0.5) is 0 Å². The van der Waals surface area contributed by atoms with Gasteiger partial charge in [-0.2, -0.15) is 0 Å². The van der Waals surface area contributed by atoms with Crippen LogP contribution in [0, 0.1) is 5.92 Å². The summed E-state index contributed by atoms with van der Waals surface area (Å²) < 4.78 is 0. The Morgan fingerprint density at radius 1 is 1.53 bits per heavy atom. The zero-order valence-corrected chi connectivity index (χ0v) is 10.5. The molecule has 0 bridgehead atoms. The number of thiazole rings is 1. The maximum Gasteiger partial charge on any atom is 0.0930 e. The molecule has 0 aromatic carbocycles. The zero-order valence-electron chi connectivity index (χ0n) is 9.73. The molecule has 4 heteroatoms. The molecule has 0 radical (unpaired) electrons. The van der Waals surface area contributed by atoms with Crippen molar-refractivity contribution < 1.29 is 5.11 Å². The summed E-state index contributed by atoms with van der Waals surface area (Å²) >= 11 is 1.78. The minimum Gasteiger partial charge on any atom is -0.395 e. The van der Waals surface area contributed by atoms with E-state index in [1.807, 2.05) is 13.2 Å². The van der Waals surface area contributed by atoms with E-state index in [0.29, 0.717) is 5.92 Å². The summed E-state index contributed by atoms with van der Waals surface area (Å²) in [5.74, 6) is 0.666. The molecule has 0 spiro atoms. The predicted octanol–water partition coefficient (Wildman–Crippen LogP) is 1.77. The van der Waals surface area contributed by atoms with Gasteiger partial charge in [-0.3, -0.25) is 4.90 Å². The molecular weight excluding hydrogens is 208 g/mol. The van der Waals surface area contributed by atoms with Crippen molar-refractivity contribution in [3.8, 4) is 0 Å². The molecule has 0 amide bonds. The van der Waals surface area contributed by atoms with E-state index in [2.05, 4.69) is 23.7 Å². The van der Waals surface area contributed by atoms with E-state index in [4.69, 9.17) is 5.11 Å². The molecule has 0 aliphatic rings. The first-order chi connectivity index (χ1) is 7.11. The minimum atomic E-state index is 0.216. The van der Waals surface area contributed by atoms with Crippen LogP contribution < -0.4 is 0 Å². The molecule has 0 saturated carbocycles. The average molecular weight is 228 g/mol. The van der Waals surface area contributed by atoms with Crippen LogP contribution in [0.25, 0.3) is 0 Å². The lowest BCUT2D eigenvalue weighted by molar-refractivity contribution is 0.218. The van der Waals surface area contributed by atoms with E-state index < -0.39 is 0 Å². The lowest BCUT2D eigenvalue weighted by atomic mass is 10.1. The van der Waals surface area contributed by atoms with Crippen molar-refractivity contribution in [3.63, 3.8) is 0 Å². The fraction of sp³-hybridized carbons (Fsp3) is 0.727. The molecule has 0 aliphatic carbocycles. The molecule has 0 aliphatic heterocycles. The Balaban J connectivity index is 2.45. The predicted molar refractivity (Wildman–Crippen MR) is 64.1 cm³/mol. The molecule has 1 aromatic heterocycles. The largest absolute Gasteiger partial charge is 0.395 e. The number of rotatable bonds is 6. The Labute approximate surface area is 95.8 Å². The summed E-state index contributed by atoms with van der Waals surface area (Å²) in [6, 6.07) is 0. The van der Waals surface area contributed by atoms with Crippen molar-refractivity contribution in [1.29, 1.82) is 0 Å². The van der Waals surface area contributed by atoms with Crippen LogP contribution in [0.3, 0.4) is 0 Å². The zero-order chi connectivity index (χ0) is 11.3. The fourth-order valence-corrected chi connectivity index (χ4v) is 2.60. The van der Waals surface area contributed by atoms with Crippen LogP contribution in [0.5, 0.6) is 0 Å². The van der Waals surface area contributed by atoms with Gasteiger partial charge in [-0.05, 0) is 13.0 Å². The Bertz CT molecular complexity index is 286. The van der Waals surface area contributed by atoms with Gasteiger partial charge in [0, 0.05) is 30.6 Å². The van der Waals surface area contributed by atoms with E-state index in [1.54, 1.807) is 11.3 Å². The molecule has 15 heavy (non-hydrogen) atoms. The van der Waals surface area contributed by atoms with Crippen LogP contribution in [-0.4, -0.2) is 35.2 Å². The van der Waals surface area contributed by atoms with Crippen molar-refractivity contribution >= 4 is 11.3 Å². The molecule has 0 unspecified atom stereocenters. The Hall–Kier alpha value is -0.450. The van der Waals surface area contributed by atoms with Crippen LogP contribution in [-0.2, 0) is 13.0 Å². The monoisotopic (exact) mass is 228 g/mol. The van der Waals surface area contributed by atoms with Crippen molar-refractivity contribution in [2.45, 2.75) is 26.8 Å². The third-order valence-electron chi connectivity index (χ3n) is 2.09. The van der Waals surface area contributed by atoms with E-state index in [0.717, 1.165) is 19.5 Å². The molecule has 3 nitrogen and oxygen atoms in total. The smallest absolute Gasteiger partial charge is 0.0930 e. The standard InChI is InChI=1S/C11H20N2OS/c1-9(2)6-11-12-7-10(15-11)8-13(3)4-5-14/h7,9,14H,4-6,8H2,1-3H3. The number of aliphatic hydroxyl groups is 1. The normalized spacial score (nSPS) is 11.6. The molecular formula is C11H20N2OS. The Morgan fingerprint density at radius 3 is 2.87 bits per heavy atom. The number of nitrogens with zero attached hydrogens (tertiary/aromatic N) is 2. The number of aromatic nitrogens is 1. The van der Waals surface area contributed by atoms with Crippen LogP contribution in [0.2, 0.25) is 0 Å². The van der Waals surface area contributed by atoms with Crippen LogP contribution in [0.1, 0.15) is 23.7 Å². The second-order valence-electron chi connectivity index (χ2n) is 4.28. The maximum atomic E-state index is 8.78. The van der Waals surface area contributed by atoms with Crippen LogP contribution >= 0.6 is 11.3 Å². The van der Waals surface area contributed by atoms with Gasteiger partial charge in [0.2, 0.25) is 0 Å². The molecule has 1 rings (SSSR count). The summed E-state index contributed by atoms with van der Waals surface area (Å²) in [5.41, 5.74) is 0. The van der Waals surface area contributed by atoms with E-state index >= 15 is 0 Å². The summed E-state index contributed by atoms with van der Waals surface area (Å²) in [7, 11) is 2.01.